The van der Waals surface area contributed by atoms with Crippen LogP contribution in [0.15, 0.2) is 23.6 Å². The highest BCUT2D eigenvalue weighted by atomic mass is 32.1. The van der Waals surface area contributed by atoms with Gasteiger partial charge in [-0.15, -0.1) is 22.7 Å². The van der Waals surface area contributed by atoms with Crippen molar-refractivity contribution in [3.63, 3.8) is 0 Å². The molecule has 0 fully saturated rings. The predicted molar refractivity (Wildman–Crippen MR) is 83.6 cm³/mol. The fourth-order valence-corrected chi connectivity index (χ4v) is 3.50. The Morgan fingerprint density at radius 1 is 1.40 bits per heavy atom. The highest BCUT2D eigenvalue weighted by Crippen LogP contribution is 2.32. The minimum atomic E-state index is -0.514. The molecule has 2 aromatic rings. The summed E-state index contributed by atoms with van der Waals surface area (Å²) < 4.78 is 0. The van der Waals surface area contributed by atoms with Crippen LogP contribution >= 0.6 is 22.7 Å². The van der Waals surface area contributed by atoms with Crippen LogP contribution in [0, 0.1) is 0 Å². The number of nitrogens with two attached hydrogens (primary N) is 1. The van der Waals surface area contributed by atoms with Gasteiger partial charge in [0, 0.05) is 9.75 Å². The third-order valence-corrected chi connectivity index (χ3v) is 4.98. The van der Waals surface area contributed by atoms with Crippen molar-refractivity contribution in [2.24, 2.45) is 5.73 Å². The highest BCUT2D eigenvalue weighted by Gasteiger charge is 2.17. The van der Waals surface area contributed by atoms with Crippen LogP contribution in [0.5, 0.6) is 0 Å². The van der Waals surface area contributed by atoms with Crippen LogP contribution < -0.4 is 11.1 Å². The number of thiophene rings is 2. The first kappa shape index (κ1) is 14.7. The summed E-state index contributed by atoms with van der Waals surface area (Å²) in [6.45, 7) is 4.07. The van der Waals surface area contributed by atoms with Gasteiger partial charge >= 0.3 is 0 Å². The molecule has 6 heteroatoms. The lowest BCUT2D eigenvalue weighted by atomic mass is 10.1. The molecule has 0 aliphatic rings. The van der Waals surface area contributed by atoms with Gasteiger partial charge in [-0.3, -0.25) is 9.59 Å². The Hall–Kier alpha value is -1.66. The Labute approximate surface area is 125 Å². The smallest absolute Gasteiger partial charge is 0.251 e. The maximum atomic E-state index is 12.0. The van der Waals surface area contributed by atoms with Crippen LogP contribution in [-0.4, -0.2) is 11.8 Å². The second-order valence-corrected chi connectivity index (χ2v) is 6.83. The third kappa shape index (κ3) is 3.46. The number of anilines is 1. The first-order chi connectivity index (χ1) is 9.47. The molecular formula is C14H16N2O2S2. The molecule has 2 amide bonds. The first-order valence-electron chi connectivity index (χ1n) is 6.23. The fraction of sp³-hybridized carbons (Fsp3) is 0.286. The number of primary amides is 1. The van der Waals surface area contributed by atoms with E-state index in [4.69, 9.17) is 5.73 Å². The summed E-state index contributed by atoms with van der Waals surface area (Å²) in [7, 11) is 0. The SMILES string of the molecule is CC(C)c1cc(C(N)=O)c(NC(=O)Cc2cccs2)s1. The number of rotatable bonds is 5. The summed E-state index contributed by atoms with van der Waals surface area (Å²) in [5, 5.41) is 5.27. The average Bonchev–Trinajstić information content (AvgIpc) is 2.98. The first-order valence-corrected chi connectivity index (χ1v) is 7.92. The van der Waals surface area contributed by atoms with Crippen molar-refractivity contribution < 1.29 is 9.59 Å². The summed E-state index contributed by atoms with van der Waals surface area (Å²) in [6.07, 6.45) is 0.310. The Bertz CT molecular complexity index is 615. The molecule has 3 N–H and O–H groups in total. The molecule has 0 radical (unpaired) electrons. The van der Waals surface area contributed by atoms with E-state index in [2.05, 4.69) is 5.32 Å². The van der Waals surface area contributed by atoms with Gasteiger partial charge < -0.3 is 11.1 Å². The van der Waals surface area contributed by atoms with Crippen molar-refractivity contribution in [3.8, 4) is 0 Å². The van der Waals surface area contributed by atoms with E-state index in [0.717, 1.165) is 9.75 Å². The van der Waals surface area contributed by atoms with Crippen molar-refractivity contribution in [3.05, 3.63) is 38.9 Å². The Morgan fingerprint density at radius 2 is 2.15 bits per heavy atom. The van der Waals surface area contributed by atoms with Crippen LogP contribution in [-0.2, 0) is 11.2 Å². The zero-order valence-electron chi connectivity index (χ0n) is 11.3. The molecule has 0 saturated heterocycles. The molecule has 0 aliphatic heterocycles. The van der Waals surface area contributed by atoms with Crippen LogP contribution in [0.3, 0.4) is 0 Å². The van der Waals surface area contributed by atoms with E-state index in [-0.39, 0.29) is 5.91 Å². The minimum absolute atomic E-state index is 0.132. The molecule has 2 aromatic heterocycles. The fourth-order valence-electron chi connectivity index (χ4n) is 1.71. The van der Waals surface area contributed by atoms with Crippen molar-refractivity contribution in [1.82, 2.24) is 0 Å². The van der Waals surface area contributed by atoms with Gasteiger partial charge in [0.25, 0.3) is 5.91 Å². The summed E-state index contributed by atoms with van der Waals surface area (Å²) in [5.74, 6) is -0.354. The average molecular weight is 308 g/mol. The number of nitrogens with one attached hydrogen (secondary N) is 1. The molecule has 106 valence electrons. The molecule has 0 saturated carbocycles. The van der Waals surface area contributed by atoms with Gasteiger partial charge in [0.15, 0.2) is 0 Å². The number of hydrogen-bond donors (Lipinski definition) is 2. The molecule has 20 heavy (non-hydrogen) atoms. The van der Waals surface area contributed by atoms with Crippen LogP contribution in [0.4, 0.5) is 5.00 Å². The van der Waals surface area contributed by atoms with Crippen molar-refractivity contribution in [2.45, 2.75) is 26.2 Å². The van der Waals surface area contributed by atoms with Gasteiger partial charge in [0.1, 0.15) is 5.00 Å². The summed E-state index contributed by atoms with van der Waals surface area (Å²) in [6, 6.07) is 5.58. The van der Waals surface area contributed by atoms with Crippen molar-refractivity contribution in [2.75, 3.05) is 5.32 Å². The standard InChI is InChI=1S/C14H16N2O2S2/c1-8(2)11-7-10(13(15)18)14(20-11)16-12(17)6-9-4-3-5-19-9/h3-5,7-8H,6H2,1-2H3,(H2,15,18)(H,16,17). The Morgan fingerprint density at radius 3 is 2.70 bits per heavy atom. The van der Waals surface area contributed by atoms with Gasteiger partial charge in [0.2, 0.25) is 5.91 Å². The lowest BCUT2D eigenvalue weighted by molar-refractivity contribution is -0.115. The van der Waals surface area contributed by atoms with E-state index in [1.54, 1.807) is 6.07 Å². The molecule has 0 unspecified atom stereocenters. The normalized spacial score (nSPS) is 10.8. The summed E-state index contributed by atoms with van der Waals surface area (Å²) >= 11 is 2.94. The molecule has 0 aliphatic carbocycles. The van der Waals surface area contributed by atoms with E-state index in [1.807, 2.05) is 31.4 Å². The Balaban J connectivity index is 2.15. The second kappa shape index (κ2) is 6.19. The van der Waals surface area contributed by atoms with E-state index in [1.165, 1.54) is 22.7 Å². The number of carbonyl (C=O) groups excluding carboxylic acids is 2. The summed E-state index contributed by atoms with van der Waals surface area (Å²) in [5.41, 5.74) is 5.75. The molecule has 4 nitrogen and oxygen atoms in total. The second-order valence-electron chi connectivity index (χ2n) is 4.71. The van der Waals surface area contributed by atoms with Gasteiger partial charge in [-0.05, 0) is 23.4 Å². The topological polar surface area (TPSA) is 72.2 Å². The highest BCUT2D eigenvalue weighted by molar-refractivity contribution is 7.16. The predicted octanol–water partition coefficient (Wildman–Crippen LogP) is 3.21. The lowest BCUT2D eigenvalue weighted by Crippen LogP contribution is -2.17. The van der Waals surface area contributed by atoms with Gasteiger partial charge in [-0.1, -0.05) is 19.9 Å². The third-order valence-electron chi connectivity index (χ3n) is 2.75. The molecule has 2 rings (SSSR count). The zero-order valence-corrected chi connectivity index (χ0v) is 12.9. The molecule has 0 bridgehead atoms. The van der Waals surface area contributed by atoms with E-state index in [0.29, 0.717) is 22.9 Å². The zero-order chi connectivity index (χ0) is 14.7. The molecule has 0 spiro atoms. The maximum absolute atomic E-state index is 12.0. The maximum Gasteiger partial charge on any atom is 0.251 e. The monoisotopic (exact) mass is 308 g/mol. The molecule has 0 atom stereocenters. The van der Waals surface area contributed by atoms with E-state index < -0.39 is 5.91 Å². The van der Waals surface area contributed by atoms with Gasteiger partial charge in [-0.2, -0.15) is 0 Å². The summed E-state index contributed by atoms with van der Waals surface area (Å²) in [4.78, 5) is 25.4. The van der Waals surface area contributed by atoms with Gasteiger partial charge in [0.05, 0.1) is 12.0 Å². The number of carbonyl (C=O) groups is 2. The largest absolute Gasteiger partial charge is 0.366 e. The van der Waals surface area contributed by atoms with Crippen molar-refractivity contribution >= 4 is 39.5 Å². The van der Waals surface area contributed by atoms with Crippen LogP contribution in [0.1, 0.15) is 39.9 Å². The number of hydrogen-bond acceptors (Lipinski definition) is 4. The molecular weight excluding hydrogens is 292 g/mol. The van der Waals surface area contributed by atoms with Crippen molar-refractivity contribution in [1.29, 1.82) is 0 Å². The number of amides is 2. The van der Waals surface area contributed by atoms with E-state index in [9.17, 15) is 9.59 Å². The lowest BCUT2D eigenvalue weighted by Gasteiger charge is -2.03. The minimum Gasteiger partial charge on any atom is -0.366 e. The van der Waals surface area contributed by atoms with Crippen LogP contribution in [0.2, 0.25) is 0 Å². The van der Waals surface area contributed by atoms with Crippen LogP contribution in [0.25, 0.3) is 0 Å². The van der Waals surface area contributed by atoms with Gasteiger partial charge in [-0.25, -0.2) is 0 Å². The quantitative estimate of drug-likeness (QED) is 0.890. The molecule has 2 heterocycles. The van der Waals surface area contributed by atoms with E-state index >= 15 is 0 Å². The Kier molecular flexibility index (Phi) is 4.57. The molecule has 0 aromatic carbocycles.